The van der Waals surface area contributed by atoms with Gasteiger partial charge in [0, 0.05) is 5.56 Å². The molecule has 0 spiro atoms. The van der Waals surface area contributed by atoms with Gasteiger partial charge in [0.15, 0.2) is 0 Å². The van der Waals surface area contributed by atoms with Crippen molar-refractivity contribution in [1.82, 2.24) is 4.98 Å². The first kappa shape index (κ1) is 11.8. The zero-order valence-electron chi connectivity index (χ0n) is 7.72. The summed E-state index contributed by atoms with van der Waals surface area (Å²) in [5, 5.41) is 27.8. The summed E-state index contributed by atoms with van der Waals surface area (Å²) < 4.78 is 24.9. The van der Waals surface area contributed by atoms with Crippen molar-refractivity contribution in [3.8, 4) is 11.8 Å². The van der Waals surface area contributed by atoms with Crippen LogP contribution in [0.15, 0.2) is 6.07 Å². The standard InChI is InChI=1S/C8H5F2N3O3/c9-7(10)6-4(1-2-11)3-5(14)8(12-6)13(15)16/h3,7,14H,1H2. The Morgan fingerprint density at radius 2 is 2.31 bits per heavy atom. The zero-order chi connectivity index (χ0) is 12.3. The molecule has 6 nitrogen and oxygen atoms in total. The summed E-state index contributed by atoms with van der Waals surface area (Å²) in [5.74, 6) is -1.88. The topological polar surface area (TPSA) is 100 Å². The van der Waals surface area contributed by atoms with E-state index in [4.69, 9.17) is 10.4 Å². The summed E-state index contributed by atoms with van der Waals surface area (Å²) >= 11 is 0. The number of nitrogens with zero attached hydrogens (tertiary/aromatic N) is 3. The van der Waals surface area contributed by atoms with E-state index in [2.05, 4.69) is 4.98 Å². The number of aromatic hydroxyl groups is 1. The number of nitriles is 1. The average molecular weight is 229 g/mol. The summed E-state index contributed by atoms with van der Waals surface area (Å²) in [6.45, 7) is 0. The Hall–Kier alpha value is -2.30. The molecule has 0 atom stereocenters. The van der Waals surface area contributed by atoms with Gasteiger partial charge < -0.3 is 15.2 Å². The van der Waals surface area contributed by atoms with Crippen molar-refractivity contribution in [3.05, 3.63) is 27.4 Å². The van der Waals surface area contributed by atoms with Gasteiger partial charge in [0.2, 0.25) is 11.4 Å². The van der Waals surface area contributed by atoms with Crippen LogP contribution in [0.25, 0.3) is 0 Å². The van der Waals surface area contributed by atoms with E-state index >= 15 is 0 Å². The van der Waals surface area contributed by atoms with Gasteiger partial charge in [0.05, 0.1) is 12.5 Å². The van der Waals surface area contributed by atoms with Crippen molar-refractivity contribution in [2.45, 2.75) is 12.8 Å². The highest BCUT2D eigenvalue weighted by Crippen LogP contribution is 2.30. The highest BCUT2D eigenvalue weighted by molar-refractivity contribution is 5.44. The molecule has 0 aliphatic heterocycles. The maximum absolute atomic E-state index is 12.4. The first-order valence-electron chi connectivity index (χ1n) is 3.99. The summed E-state index contributed by atoms with van der Waals surface area (Å²) in [5.41, 5.74) is -1.08. The molecule has 0 unspecified atom stereocenters. The lowest BCUT2D eigenvalue weighted by molar-refractivity contribution is -0.390. The molecule has 8 heteroatoms. The second-order valence-electron chi connectivity index (χ2n) is 2.77. The monoisotopic (exact) mass is 229 g/mol. The largest absolute Gasteiger partial charge is 0.501 e. The van der Waals surface area contributed by atoms with Gasteiger partial charge in [-0.15, -0.1) is 0 Å². The molecule has 0 aliphatic rings. The number of aromatic nitrogens is 1. The fourth-order valence-electron chi connectivity index (χ4n) is 1.10. The first-order valence-corrected chi connectivity index (χ1v) is 3.99. The number of pyridine rings is 1. The first-order chi connectivity index (χ1) is 7.47. The molecule has 0 bridgehead atoms. The molecule has 1 aromatic heterocycles. The molecule has 84 valence electrons. The molecule has 0 aliphatic carbocycles. The van der Waals surface area contributed by atoms with Crippen molar-refractivity contribution in [2.24, 2.45) is 0 Å². The Labute approximate surface area is 87.9 Å². The van der Waals surface area contributed by atoms with E-state index in [1.807, 2.05) is 0 Å². The van der Waals surface area contributed by atoms with Gasteiger partial charge >= 0.3 is 12.2 Å². The normalized spacial score (nSPS) is 10.1. The summed E-state index contributed by atoms with van der Waals surface area (Å²) in [6.07, 6.45) is -3.44. The Kier molecular flexibility index (Phi) is 3.30. The van der Waals surface area contributed by atoms with E-state index in [1.165, 1.54) is 0 Å². The molecular formula is C8H5F2N3O3. The highest BCUT2D eigenvalue weighted by atomic mass is 19.3. The lowest BCUT2D eigenvalue weighted by Crippen LogP contribution is -2.02. The molecule has 1 heterocycles. The van der Waals surface area contributed by atoms with Crippen LogP contribution >= 0.6 is 0 Å². The van der Waals surface area contributed by atoms with Crippen molar-refractivity contribution in [3.63, 3.8) is 0 Å². The van der Waals surface area contributed by atoms with Crippen molar-refractivity contribution in [1.29, 1.82) is 5.26 Å². The van der Waals surface area contributed by atoms with Crippen LogP contribution < -0.4 is 0 Å². The number of hydrogen-bond donors (Lipinski definition) is 1. The van der Waals surface area contributed by atoms with Gasteiger partial charge in [-0.3, -0.25) is 0 Å². The maximum Gasteiger partial charge on any atom is 0.406 e. The maximum atomic E-state index is 12.4. The second-order valence-corrected chi connectivity index (χ2v) is 2.77. The van der Waals surface area contributed by atoms with E-state index in [1.54, 1.807) is 6.07 Å². The molecule has 0 radical (unpaired) electrons. The van der Waals surface area contributed by atoms with E-state index in [-0.39, 0.29) is 5.56 Å². The van der Waals surface area contributed by atoms with Crippen molar-refractivity contribution < 1.29 is 18.8 Å². The van der Waals surface area contributed by atoms with Crippen LogP contribution in [0.2, 0.25) is 0 Å². The van der Waals surface area contributed by atoms with Crippen LogP contribution in [0.3, 0.4) is 0 Å². The lowest BCUT2D eigenvalue weighted by Gasteiger charge is -2.02. The molecule has 1 N–H and O–H groups in total. The lowest BCUT2D eigenvalue weighted by atomic mass is 10.1. The Balaban J connectivity index is 3.38. The van der Waals surface area contributed by atoms with Crippen LogP contribution in [0.5, 0.6) is 5.75 Å². The summed E-state index contributed by atoms with van der Waals surface area (Å²) in [4.78, 5) is 12.3. The number of hydrogen-bond acceptors (Lipinski definition) is 5. The average Bonchev–Trinajstić information content (AvgIpc) is 2.17. The molecule has 0 saturated heterocycles. The van der Waals surface area contributed by atoms with Gasteiger partial charge in [-0.2, -0.15) is 5.26 Å². The number of alkyl halides is 2. The zero-order valence-corrected chi connectivity index (χ0v) is 7.72. The van der Waals surface area contributed by atoms with Crippen LogP contribution in [0.1, 0.15) is 17.7 Å². The minimum atomic E-state index is -3.04. The van der Waals surface area contributed by atoms with Crippen LogP contribution in [0.4, 0.5) is 14.6 Å². The quantitative estimate of drug-likeness (QED) is 0.627. The summed E-state index contributed by atoms with van der Waals surface area (Å²) in [6, 6.07) is 2.36. The molecule has 1 aromatic rings. The SMILES string of the molecule is N#CCc1cc(O)c([N+](=O)[O-])nc1C(F)F. The Morgan fingerprint density at radius 3 is 2.75 bits per heavy atom. The number of halogens is 2. The van der Waals surface area contributed by atoms with Gasteiger partial charge in [-0.05, 0) is 16.0 Å². The predicted molar refractivity (Wildman–Crippen MR) is 46.8 cm³/mol. The Morgan fingerprint density at radius 1 is 1.69 bits per heavy atom. The van der Waals surface area contributed by atoms with E-state index in [0.717, 1.165) is 6.07 Å². The number of nitro groups is 1. The van der Waals surface area contributed by atoms with Gasteiger partial charge in [-0.1, -0.05) is 0 Å². The fraction of sp³-hybridized carbons (Fsp3) is 0.250. The molecule has 0 amide bonds. The molecular weight excluding hydrogens is 224 g/mol. The third-order valence-corrected chi connectivity index (χ3v) is 1.74. The summed E-state index contributed by atoms with van der Waals surface area (Å²) in [7, 11) is 0. The van der Waals surface area contributed by atoms with Crippen molar-refractivity contribution in [2.75, 3.05) is 0 Å². The van der Waals surface area contributed by atoms with Gasteiger partial charge in [0.25, 0.3) is 0 Å². The second kappa shape index (κ2) is 4.48. The van der Waals surface area contributed by atoms with Crippen LogP contribution in [0, 0.1) is 21.4 Å². The van der Waals surface area contributed by atoms with Crippen molar-refractivity contribution >= 4 is 5.82 Å². The molecule has 0 saturated carbocycles. The van der Waals surface area contributed by atoms with E-state index in [9.17, 15) is 18.9 Å². The van der Waals surface area contributed by atoms with Gasteiger partial charge in [0.1, 0.15) is 0 Å². The Bertz CT molecular complexity index is 470. The molecule has 0 fully saturated rings. The third kappa shape index (κ3) is 2.20. The highest BCUT2D eigenvalue weighted by Gasteiger charge is 2.26. The van der Waals surface area contributed by atoms with Crippen LogP contribution in [-0.2, 0) is 6.42 Å². The van der Waals surface area contributed by atoms with E-state index in [0.29, 0.717) is 0 Å². The predicted octanol–water partition coefficient (Wildman–Crippen LogP) is 1.70. The van der Waals surface area contributed by atoms with Crippen LogP contribution in [-0.4, -0.2) is 15.0 Å². The molecule has 16 heavy (non-hydrogen) atoms. The number of rotatable bonds is 3. The van der Waals surface area contributed by atoms with E-state index < -0.39 is 35.0 Å². The minimum Gasteiger partial charge on any atom is -0.501 e. The van der Waals surface area contributed by atoms with Gasteiger partial charge in [-0.25, -0.2) is 8.78 Å². The fourth-order valence-corrected chi connectivity index (χ4v) is 1.10. The third-order valence-electron chi connectivity index (χ3n) is 1.74. The minimum absolute atomic E-state index is 0.222. The smallest absolute Gasteiger partial charge is 0.406 e. The molecule has 0 aromatic carbocycles. The molecule has 1 rings (SSSR count).